The number of hydrogen-bond donors (Lipinski definition) is 0. The number of fused-ring (bicyclic) bond motifs is 1. The molecule has 0 spiro atoms. The van der Waals surface area contributed by atoms with Crippen molar-refractivity contribution in [2.24, 2.45) is 0 Å². The molecule has 1 aliphatic heterocycles. The Hall–Kier alpha value is -3.18. The molecule has 0 N–H and O–H groups in total. The molecule has 1 atom stereocenters. The van der Waals surface area contributed by atoms with E-state index < -0.39 is 0 Å². The van der Waals surface area contributed by atoms with E-state index in [0.717, 1.165) is 18.4 Å². The van der Waals surface area contributed by atoms with Crippen LogP contribution in [0.5, 0.6) is 0 Å². The van der Waals surface area contributed by atoms with Crippen molar-refractivity contribution in [2.75, 3.05) is 19.6 Å². The Morgan fingerprint density at radius 3 is 2.39 bits per heavy atom. The van der Waals surface area contributed by atoms with Crippen LogP contribution in [0.15, 0.2) is 72.6 Å². The third-order valence-electron chi connectivity index (χ3n) is 6.95. The topological polar surface area (TPSA) is 40.6 Å². The minimum Gasteiger partial charge on any atom is -0.330 e. The maximum Gasteiger partial charge on any atom is 0.254 e. The number of hydrogen-bond acceptors (Lipinski definition) is 3. The molecule has 5 heteroatoms. The quantitative estimate of drug-likeness (QED) is 0.352. The second kappa shape index (κ2) is 10.8. The van der Waals surface area contributed by atoms with Gasteiger partial charge in [0.15, 0.2) is 0 Å². The molecular weight excluding hydrogens is 464 g/mol. The van der Waals surface area contributed by atoms with Crippen LogP contribution in [0.25, 0.3) is 0 Å². The number of benzene rings is 2. The average Bonchev–Trinajstić information content (AvgIpc) is 3.36. The molecule has 1 aliphatic rings. The molecule has 2 aromatic carbocycles. The molecule has 36 heavy (non-hydrogen) atoms. The van der Waals surface area contributed by atoms with Crippen molar-refractivity contribution in [1.29, 1.82) is 0 Å². The van der Waals surface area contributed by atoms with E-state index in [-0.39, 0.29) is 29.8 Å². The maximum absolute atomic E-state index is 13.8. The zero-order valence-corrected chi connectivity index (χ0v) is 22.6. The van der Waals surface area contributed by atoms with Gasteiger partial charge in [-0.2, -0.15) is 0 Å². The number of carbonyl (C=O) groups excluding carboxylic acids is 2. The summed E-state index contributed by atoms with van der Waals surface area (Å²) >= 11 is 1.76. The van der Waals surface area contributed by atoms with E-state index in [9.17, 15) is 9.59 Å². The van der Waals surface area contributed by atoms with Crippen molar-refractivity contribution in [3.63, 3.8) is 0 Å². The molecule has 188 valence electrons. The SMILES string of the molecule is C=CCN(CC(=O)N1CCc2sccc2C1c1ccc(C(C)(C)C)cc1)C(=O)c1ccc(CC)cc1. The van der Waals surface area contributed by atoms with Crippen molar-refractivity contribution >= 4 is 23.2 Å². The number of carbonyl (C=O) groups is 2. The number of amides is 2. The van der Waals surface area contributed by atoms with Gasteiger partial charge in [0.05, 0.1) is 6.04 Å². The number of thiophene rings is 1. The molecule has 1 unspecified atom stereocenters. The van der Waals surface area contributed by atoms with Crippen LogP contribution in [-0.2, 0) is 23.1 Å². The summed E-state index contributed by atoms with van der Waals surface area (Å²) in [6.07, 6.45) is 3.44. The minimum absolute atomic E-state index is 0.0242. The highest BCUT2D eigenvalue weighted by atomic mass is 32.1. The largest absolute Gasteiger partial charge is 0.330 e. The van der Waals surface area contributed by atoms with Crippen LogP contribution in [0.4, 0.5) is 0 Å². The fourth-order valence-corrected chi connectivity index (χ4v) is 5.71. The van der Waals surface area contributed by atoms with E-state index in [4.69, 9.17) is 0 Å². The van der Waals surface area contributed by atoms with Gasteiger partial charge in [-0.1, -0.05) is 70.2 Å². The van der Waals surface area contributed by atoms with Gasteiger partial charge in [-0.15, -0.1) is 17.9 Å². The summed E-state index contributed by atoms with van der Waals surface area (Å²) in [5.74, 6) is -0.192. The first-order valence-corrected chi connectivity index (χ1v) is 13.6. The second-order valence-corrected chi connectivity index (χ2v) is 11.4. The van der Waals surface area contributed by atoms with E-state index in [1.807, 2.05) is 29.2 Å². The van der Waals surface area contributed by atoms with Crippen LogP contribution in [0.3, 0.4) is 0 Å². The highest BCUT2D eigenvalue weighted by Gasteiger charge is 2.34. The lowest BCUT2D eigenvalue weighted by atomic mass is 9.85. The van der Waals surface area contributed by atoms with Gasteiger partial charge >= 0.3 is 0 Å². The summed E-state index contributed by atoms with van der Waals surface area (Å²) in [5.41, 5.74) is 5.40. The Morgan fingerprint density at radius 2 is 1.78 bits per heavy atom. The van der Waals surface area contributed by atoms with Crippen molar-refractivity contribution in [3.05, 3.63) is 105 Å². The van der Waals surface area contributed by atoms with E-state index >= 15 is 0 Å². The van der Waals surface area contributed by atoms with Crippen LogP contribution in [0.2, 0.25) is 0 Å². The monoisotopic (exact) mass is 500 g/mol. The van der Waals surface area contributed by atoms with Gasteiger partial charge in [-0.3, -0.25) is 9.59 Å². The predicted molar refractivity (Wildman–Crippen MR) is 149 cm³/mol. The van der Waals surface area contributed by atoms with Crippen molar-refractivity contribution in [2.45, 2.75) is 52.0 Å². The lowest BCUT2D eigenvalue weighted by Gasteiger charge is -2.37. The molecule has 0 bridgehead atoms. The van der Waals surface area contributed by atoms with Crippen LogP contribution in [0, 0.1) is 0 Å². The fourth-order valence-electron chi connectivity index (χ4n) is 4.80. The predicted octanol–water partition coefficient (Wildman–Crippen LogP) is 6.41. The Morgan fingerprint density at radius 1 is 1.08 bits per heavy atom. The maximum atomic E-state index is 13.8. The van der Waals surface area contributed by atoms with Gasteiger partial charge in [0.2, 0.25) is 5.91 Å². The van der Waals surface area contributed by atoms with E-state index in [0.29, 0.717) is 18.7 Å². The van der Waals surface area contributed by atoms with Crippen LogP contribution in [0.1, 0.15) is 71.2 Å². The first kappa shape index (κ1) is 25.9. The molecule has 0 radical (unpaired) electrons. The summed E-state index contributed by atoms with van der Waals surface area (Å²) in [5, 5.41) is 2.11. The normalized spacial score (nSPS) is 15.3. The standard InChI is InChI=1S/C31H36N2O2S/c1-6-18-32(30(35)24-10-8-22(7-2)9-11-24)21-28(34)33-19-16-27-26(17-20-36-27)29(33)23-12-14-25(15-13-23)31(3,4)5/h6,8-15,17,20,29H,1,7,16,18-19,21H2,2-5H3. The van der Waals surface area contributed by atoms with E-state index in [1.54, 1.807) is 22.3 Å². The van der Waals surface area contributed by atoms with Gasteiger partial charge in [0, 0.05) is 23.5 Å². The minimum atomic E-state index is -0.148. The molecule has 0 aliphatic carbocycles. The van der Waals surface area contributed by atoms with Crippen molar-refractivity contribution < 1.29 is 9.59 Å². The molecule has 4 nitrogen and oxygen atoms in total. The third kappa shape index (κ3) is 5.46. The Balaban J connectivity index is 1.60. The molecule has 0 saturated heterocycles. The van der Waals surface area contributed by atoms with Gasteiger partial charge < -0.3 is 9.80 Å². The van der Waals surface area contributed by atoms with Gasteiger partial charge in [-0.05, 0) is 64.1 Å². The highest BCUT2D eigenvalue weighted by molar-refractivity contribution is 7.10. The second-order valence-electron chi connectivity index (χ2n) is 10.4. The highest BCUT2D eigenvalue weighted by Crippen LogP contribution is 2.38. The molecule has 0 fully saturated rings. The molecule has 1 aromatic heterocycles. The molecule has 2 heterocycles. The number of rotatable bonds is 7. The van der Waals surface area contributed by atoms with Gasteiger partial charge in [0.25, 0.3) is 5.91 Å². The molecular formula is C31H36N2O2S. The summed E-state index contributed by atoms with van der Waals surface area (Å²) in [4.78, 5) is 31.9. The molecule has 3 aromatic rings. The lowest BCUT2D eigenvalue weighted by molar-refractivity contribution is -0.133. The fraction of sp³-hybridized carbons (Fsp3) is 0.355. The number of aryl methyl sites for hydroxylation is 1. The smallest absolute Gasteiger partial charge is 0.254 e. The first-order chi connectivity index (χ1) is 17.2. The zero-order valence-electron chi connectivity index (χ0n) is 21.8. The first-order valence-electron chi connectivity index (χ1n) is 12.7. The van der Waals surface area contributed by atoms with Crippen LogP contribution >= 0.6 is 11.3 Å². The van der Waals surface area contributed by atoms with Crippen molar-refractivity contribution in [3.8, 4) is 0 Å². The van der Waals surface area contributed by atoms with Gasteiger partial charge in [-0.25, -0.2) is 0 Å². The van der Waals surface area contributed by atoms with E-state index in [2.05, 4.69) is 70.0 Å². The summed E-state index contributed by atoms with van der Waals surface area (Å²) in [6, 6.07) is 18.3. The molecule has 2 amide bonds. The average molecular weight is 501 g/mol. The van der Waals surface area contributed by atoms with Crippen LogP contribution < -0.4 is 0 Å². The molecule has 0 saturated carbocycles. The van der Waals surface area contributed by atoms with Gasteiger partial charge in [0.1, 0.15) is 6.54 Å². The van der Waals surface area contributed by atoms with Crippen molar-refractivity contribution in [1.82, 2.24) is 9.80 Å². The zero-order chi connectivity index (χ0) is 25.9. The summed E-state index contributed by atoms with van der Waals surface area (Å²) in [7, 11) is 0. The Labute approximate surface area is 219 Å². The number of nitrogens with zero attached hydrogens (tertiary/aromatic N) is 2. The lowest BCUT2D eigenvalue weighted by Crippen LogP contribution is -2.46. The van der Waals surface area contributed by atoms with Crippen LogP contribution in [-0.4, -0.2) is 41.2 Å². The summed E-state index contributed by atoms with van der Waals surface area (Å²) in [6.45, 7) is 13.5. The van der Waals surface area contributed by atoms with E-state index in [1.165, 1.54) is 21.6 Å². The Kier molecular flexibility index (Phi) is 7.79. The third-order valence-corrected chi connectivity index (χ3v) is 7.95. The Bertz CT molecular complexity index is 1220. The summed E-state index contributed by atoms with van der Waals surface area (Å²) < 4.78 is 0. The molecule has 4 rings (SSSR count).